The van der Waals surface area contributed by atoms with Gasteiger partial charge in [0.25, 0.3) is 5.91 Å². The third-order valence-electron chi connectivity index (χ3n) is 5.22. The first-order chi connectivity index (χ1) is 14.5. The highest BCUT2D eigenvalue weighted by Gasteiger charge is 2.46. The van der Waals surface area contributed by atoms with Crippen molar-refractivity contribution in [2.75, 3.05) is 0 Å². The first-order valence-corrected chi connectivity index (χ1v) is 10.1. The topological polar surface area (TPSA) is 73.8 Å². The van der Waals surface area contributed by atoms with E-state index in [0.29, 0.717) is 5.56 Å². The van der Waals surface area contributed by atoms with E-state index in [9.17, 15) is 18.0 Å². The van der Waals surface area contributed by atoms with Gasteiger partial charge in [0.15, 0.2) is 5.84 Å². The van der Waals surface area contributed by atoms with Crippen LogP contribution in [0.4, 0.5) is 13.2 Å². The number of halogens is 3. The lowest BCUT2D eigenvalue weighted by Gasteiger charge is -2.20. The second-order valence-corrected chi connectivity index (χ2v) is 8.31. The van der Waals surface area contributed by atoms with Crippen LogP contribution in [0.5, 0.6) is 0 Å². The largest absolute Gasteiger partial charge is 0.441 e. The lowest BCUT2D eigenvalue weighted by molar-refractivity contribution is -0.114. The summed E-state index contributed by atoms with van der Waals surface area (Å²) in [6.07, 6.45) is -3.19. The number of nitrogens with zero attached hydrogens (tertiary/aromatic N) is 4. The molecule has 0 bridgehead atoms. The number of aliphatic imine (C=N–C) groups is 1. The lowest BCUT2D eigenvalue weighted by Crippen LogP contribution is -2.35. The van der Waals surface area contributed by atoms with E-state index < -0.39 is 23.0 Å². The number of amides is 1. The summed E-state index contributed by atoms with van der Waals surface area (Å²) in [6, 6.07) is 7.95. The summed E-state index contributed by atoms with van der Waals surface area (Å²) in [5, 5.41) is 11.0. The second-order valence-electron chi connectivity index (χ2n) is 7.35. The zero-order valence-corrected chi connectivity index (χ0v) is 17.9. The van der Waals surface area contributed by atoms with Gasteiger partial charge in [0.05, 0.1) is 5.57 Å². The number of carbonyl (C=O) groups excluding carboxylic acids is 1. The number of nitrogens with one attached hydrogen (secondary N) is 1. The molecule has 2 aliphatic rings. The molecule has 0 atom stereocenters. The highest BCUT2D eigenvalue weighted by molar-refractivity contribution is 8.27. The van der Waals surface area contributed by atoms with Crippen molar-refractivity contribution in [3.8, 4) is 5.69 Å². The Labute approximate surface area is 180 Å². The van der Waals surface area contributed by atoms with E-state index in [1.165, 1.54) is 11.6 Å². The molecule has 4 rings (SSSR count). The Kier molecular flexibility index (Phi) is 4.92. The minimum absolute atomic E-state index is 0.114. The van der Waals surface area contributed by atoms with Crippen LogP contribution < -0.4 is 0 Å². The molecule has 31 heavy (non-hydrogen) atoms. The van der Waals surface area contributed by atoms with E-state index in [2.05, 4.69) is 16.2 Å². The van der Waals surface area contributed by atoms with Crippen LogP contribution in [0.1, 0.15) is 28.1 Å². The summed E-state index contributed by atoms with van der Waals surface area (Å²) >= 11 is 0.235. The number of fused-ring (bicyclic) bond motifs is 1. The smallest absolute Gasteiger partial charge is 0.318 e. The van der Waals surface area contributed by atoms with E-state index in [1.54, 1.807) is 0 Å². The molecular formula is C21H18F3N5OS. The van der Waals surface area contributed by atoms with E-state index in [1.807, 2.05) is 50.5 Å². The number of hydrogen-bond donors (Lipinski definition) is 1. The molecule has 0 saturated carbocycles. The van der Waals surface area contributed by atoms with E-state index >= 15 is 0 Å². The molecule has 1 aromatic carbocycles. The number of carbonyl (C=O) groups is 1. The number of aryl methyl sites for hydroxylation is 3. The predicted octanol–water partition coefficient (Wildman–Crippen LogP) is 4.89. The normalized spacial score (nSPS) is 17.9. The molecule has 0 unspecified atom stereocenters. The monoisotopic (exact) mass is 445 g/mol. The molecule has 0 spiro atoms. The summed E-state index contributed by atoms with van der Waals surface area (Å²) in [4.78, 5) is 16.2. The maximum atomic E-state index is 13.0. The van der Waals surface area contributed by atoms with Gasteiger partial charge in [0, 0.05) is 17.1 Å². The number of aromatic nitrogens is 1. The predicted molar refractivity (Wildman–Crippen MR) is 116 cm³/mol. The van der Waals surface area contributed by atoms with Crippen LogP contribution in [-0.2, 0) is 4.79 Å². The Balaban J connectivity index is 1.75. The Morgan fingerprint density at radius 1 is 1.10 bits per heavy atom. The van der Waals surface area contributed by atoms with E-state index in [4.69, 9.17) is 5.41 Å². The highest BCUT2D eigenvalue weighted by Crippen LogP contribution is 2.35. The quantitative estimate of drug-likeness (QED) is 0.669. The van der Waals surface area contributed by atoms with E-state index in [0.717, 1.165) is 27.6 Å². The van der Waals surface area contributed by atoms with Crippen LogP contribution in [0.3, 0.4) is 0 Å². The Morgan fingerprint density at radius 2 is 1.81 bits per heavy atom. The van der Waals surface area contributed by atoms with Crippen LogP contribution in [0.15, 0.2) is 39.9 Å². The molecule has 3 heterocycles. The van der Waals surface area contributed by atoms with Gasteiger partial charge in [0.2, 0.25) is 10.2 Å². The van der Waals surface area contributed by atoms with Crippen molar-refractivity contribution in [2.45, 2.75) is 33.9 Å². The van der Waals surface area contributed by atoms with Crippen LogP contribution in [0, 0.1) is 33.1 Å². The molecule has 0 saturated heterocycles. The fourth-order valence-corrected chi connectivity index (χ4v) is 4.22. The van der Waals surface area contributed by atoms with Crippen molar-refractivity contribution in [1.29, 1.82) is 5.41 Å². The van der Waals surface area contributed by atoms with Crippen LogP contribution in [-0.4, -0.2) is 37.7 Å². The molecule has 1 amide bonds. The number of hydrogen-bond acceptors (Lipinski definition) is 4. The third-order valence-corrected chi connectivity index (χ3v) is 6.17. The first kappa shape index (κ1) is 21.1. The Morgan fingerprint density at radius 3 is 2.45 bits per heavy atom. The summed E-state index contributed by atoms with van der Waals surface area (Å²) in [5.41, 5.74) is 5.58. The van der Waals surface area contributed by atoms with Gasteiger partial charge < -0.3 is 4.57 Å². The zero-order chi connectivity index (χ0) is 22.7. The Bertz CT molecular complexity index is 1240. The summed E-state index contributed by atoms with van der Waals surface area (Å²) in [6.45, 7) is 7.86. The molecule has 0 fully saturated rings. The lowest BCUT2D eigenvalue weighted by atomic mass is 10.1. The second kappa shape index (κ2) is 7.23. The summed E-state index contributed by atoms with van der Waals surface area (Å²) in [5.74, 6) is -1.20. The molecule has 2 aliphatic heterocycles. The number of hydrazone groups is 1. The molecule has 1 N–H and O–H groups in total. The van der Waals surface area contributed by atoms with Gasteiger partial charge in [-0.2, -0.15) is 28.3 Å². The maximum absolute atomic E-state index is 13.0. The SMILES string of the molecule is Cc1ccc(-n2c(C)cc(/C=C3/C(=N)N4N=C(C(F)(F)F)SC4=NC3=O)c2C)cc1C. The molecule has 10 heteroatoms. The summed E-state index contributed by atoms with van der Waals surface area (Å²) in [7, 11) is 0. The molecule has 0 aliphatic carbocycles. The van der Waals surface area contributed by atoms with Crippen molar-refractivity contribution in [3.05, 3.63) is 57.9 Å². The van der Waals surface area contributed by atoms with Gasteiger partial charge in [0.1, 0.15) is 0 Å². The standard InChI is InChI=1S/C21H18F3N5OS/c1-10-5-6-15(7-11(10)2)28-12(3)8-14(13(28)4)9-16-17(25)29-20(26-18(16)30)31-19(27-29)21(22,23)24/h5-9,25H,1-4H3/b16-9-,25-17?. The van der Waals surface area contributed by atoms with Crippen molar-refractivity contribution in [2.24, 2.45) is 10.1 Å². The van der Waals surface area contributed by atoms with Crippen molar-refractivity contribution < 1.29 is 18.0 Å². The first-order valence-electron chi connectivity index (χ1n) is 9.31. The van der Waals surface area contributed by atoms with Crippen LogP contribution in [0.25, 0.3) is 11.8 Å². The highest BCUT2D eigenvalue weighted by atomic mass is 32.2. The minimum Gasteiger partial charge on any atom is -0.318 e. The van der Waals surface area contributed by atoms with Crippen molar-refractivity contribution in [3.63, 3.8) is 0 Å². The summed E-state index contributed by atoms with van der Waals surface area (Å²) < 4.78 is 41.0. The fraction of sp³-hybridized carbons (Fsp3) is 0.238. The third kappa shape index (κ3) is 3.60. The van der Waals surface area contributed by atoms with Gasteiger partial charge in [-0.05, 0) is 80.4 Å². The van der Waals surface area contributed by atoms with Gasteiger partial charge in [-0.3, -0.25) is 10.2 Å². The average molecular weight is 445 g/mol. The molecule has 6 nitrogen and oxygen atoms in total. The molecule has 160 valence electrons. The van der Waals surface area contributed by atoms with Gasteiger partial charge in [-0.25, -0.2) is 0 Å². The van der Waals surface area contributed by atoms with Crippen LogP contribution >= 0.6 is 11.8 Å². The van der Waals surface area contributed by atoms with Gasteiger partial charge in [-0.15, -0.1) is 0 Å². The van der Waals surface area contributed by atoms with Crippen LogP contribution in [0.2, 0.25) is 0 Å². The van der Waals surface area contributed by atoms with Crippen molar-refractivity contribution in [1.82, 2.24) is 9.58 Å². The number of rotatable bonds is 2. The molecule has 1 aromatic heterocycles. The average Bonchev–Trinajstić information content (AvgIpc) is 3.22. The van der Waals surface area contributed by atoms with E-state index in [-0.39, 0.29) is 22.5 Å². The van der Waals surface area contributed by atoms with Gasteiger partial charge in [-0.1, -0.05) is 6.07 Å². The molecule has 0 radical (unpaired) electrons. The number of amidine groups is 2. The Hall–Kier alpha value is -3.14. The number of thioether (sulfide) groups is 1. The molecular weight excluding hydrogens is 427 g/mol. The number of alkyl halides is 3. The van der Waals surface area contributed by atoms with Gasteiger partial charge >= 0.3 is 6.18 Å². The maximum Gasteiger partial charge on any atom is 0.441 e. The minimum atomic E-state index is -4.67. The number of benzene rings is 1. The van der Waals surface area contributed by atoms with Crippen molar-refractivity contribution >= 4 is 39.8 Å². The fourth-order valence-electron chi connectivity index (χ4n) is 3.46. The molecule has 2 aromatic rings. The zero-order valence-electron chi connectivity index (χ0n) is 17.1.